The normalized spacial score (nSPS) is 16.3. The number of alkyl halides is 3. The molecule has 1 saturated heterocycles. The van der Waals surface area contributed by atoms with Gasteiger partial charge < -0.3 is 10.1 Å². The largest absolute Gasteiger partial charge is 0.461 e. The minimum absolute atomic E-state index is 0.0625. The maximum Gasteiger partial charge on any atom is 0.403 e. The zero-order chi connectivity index (χ0) is 27.2. The monoisotopic (exact) mass is 532 g/mol. The van der Waals surface area contributed by atoms with Crippen LogP contribution < -0.4 is 5.32 Å². The SMILES string of the molecule is CC.CC.CC(C)([SH2+])c1ccccc1.COS(=O)(=O)C(F)(F)C(F)COC(=O)C1CCC(=O)N1. The number of amides is 1. The van der Waals surface area contributed by atoms with Gasteiger partial charge in [-0.25, -0.2) is 9.18 Å². The number of carbonyl (C=O) groups excluding carboxylic acids is 2. The lowest BCUT2D eigenvalue weighted by Crippen LogP contribution is -2.43. The maximum absolute atomic E-state index is 13.2. The Hall–Kier alpha value is -1.79. The highest BCUT2D eigenvalue weighted by atomic mass is 32.2. The molecule has 7 nitrogen and oxygen atoms in total. The summed E-state index contributed by atoms with van der Waals surface area (Å²) < 4.78 is 68.9. The molecule has 1 aromatic rings. The van der Waals surface area contributed by atoms with Crippen LogP contribution in [0.4, 0.5) is 13.2 Å². The lowest BCUT2D eigenvalue weighted by Gasteiger charge is -2.19. The number of ether oxygens (including phenoxy) is 1. The first kappa shape index (κ1) is 34.4. The number of hydrogen-bond donors (Lipinski definition) is 1. The summed E-state index contributed by atoms with van der Waals surface area (Å²) >= 11 is 3.64. The number of esters is 1. The van der Waals surface area contributed by atoms with Crippen molar-refractivity contribution in [1.29, 1.82) is 0 Å². The number of nitrogens with one attached hydrogen (secondary N) is 1. The van der Waals surface area contributed by atoms with Gasteiger partial charge in [0.05, 0.1) is 7.11 Å². The van der Waals surface area contributed by atoms with Crippen molar-refractivity contribution in [3.8, 4) is 0 Å². The topological polar surface area (TPSA) is 98.8 Å². The first-order valence-corrected chi connectivity index (χ1v) is 12.7. The molecule has 1 aliphatic heterocycles. The van der Waals surface area contributed by atoms with Crippen molar-refractivity contribution in [3.05, 3.63) is 35.9 Å². The number of carbonyl (C=O) groups is 2. The maximum atomic E-state index is 13.2. The molecular formula is C22H37F3NO6S2+. The number of rotatable bonds is 7. The fourth-order valence-electron chi connectivity index (χ4n) is 2.27. The first-order chi connectivity index (χ1) is 15.7. The van der Waals surface area contributed by atoms with Crippen molar-refractivity contribution >= 4 is 34.6 Å². The van der Waals surface area contributed by atoms with E-state index >= 15 is 0 Å². The molecule has 0 radical (unpaired) electrons. The fourth-order valence-corrected chi connectivity index (χ4v) is 3.04. The Kier molecular flexibility index (Phi) is 16.2. The summed E-state index contributed by atoms with van der Waals surface area (Å²) in [5, 5.41) is -2.66. The van der Waals surface area contributed by atoms with E-state index in [-0.39, 0.29) is 17.6 Å². The lowest BCUT2D eigenvalue weighted by atomic mass is 10.0. The molecule has 1 amide bonds. The average Bonchev–Trinajstić information content (AvgIpc) is 3.26. The van der Waals surface area contributed by atoms with Gasteiger partial charge >= 0.3 is 21.3 Å². The molecule has 2 unspecified atom stereocenters. The summed E-state index contributed by atoms with van der Waals surface area (Å²) in [5.41, 5.74) is 1.31. The van der Waals surface area contributed by atoms with E-state index in [1.165, 1.54) is 5.56 Å². The van der Waals surface area contributed by atoms with Crippen LogP contribution in [-0.2, 0) is 46.0 Å². The molecule has 0 bridgehead atoms. The van der Waals surface area contributed by atoms with Crippen LogP contribution in [0.15, 0.2) is 30.3 Å². The van der Waals surface area contributed by atoms with Gasteiger partial charge in [-0.05, 0) is 32.9 Å². The van der Waals surface area contributed by atoms with Crippen LogP contribution >= 0.6 is 0 Å². The molecule has 0 saturated carbocycles. The second-order valence-corrected chi connectivity index (χ2v) is 9.97. The Morgan fingerprint density at radius 1 is 1.18 bits per heavy atom. The third-order valence-electron chi connectivity index (χ3n) is 4.06. The first-order valence-electron chi connectivity index (χ1n) is 10.8. The quantitative estimate of drug-likeness (QED) is 0.327. The van der Waals surface area contributed by atoms with Crippen molar-refractivity contribution in [3.63, 3.8) is 0 Å². The second kappa shape index (κ2) is 16.0. The van der Waals surface area contributed by atoms with Gasteiger partial charge in [0.2, 0.25) is 12.1 Å². The summed E-state index contributed by atoms with van der Waals surface area (Å²) in [6.07, 6.45) is -3.12. The van der Waals surface area contributed by atoms with Crippen molar-refractivity contribution in [1.82, 2.24) is 5.32 Å². The molecule has 1 N–H and O–H groups in total. The standard InChI is InChI=1S/C9H12F3NO6S.C9H12S.2C2H6/c1-18-20(16,17)9(11,12)6(10)4-19-8(15)5-2-3-7(14)13-5;1-9(2,10)8-6-4-3-5-7-8;2*1-2/h5-6H,2-4H2,1H3,(H,13,14);3-7,10H,1-2H3;2*1-2H3/p+1. The third kappa shape index (κ3) is 11.1. The molecule has 2 rings (SSSR count). The molecule has 1 aromatic carbocycles. The van der Waals surface area contributed by atoms with Crippen molar-refractivity contribution in [2.45, 2.75) is 76.6 Å². The smallest absolute Gasteiger partial charge is 0.403 e. The highest BCUT2D eigenvalue weighted by Crippen LogP contribution is 2.29. The van der Waals surface area contributed by atoms with Crippen LogP contribution in [0.1, 0.15) is 59.9 Å². The van der Waals surface area contributed by atoms with Crippen LogP contribution in [0.5, 0.6) is 0 Å². The minimum Gasteiger partial charge on any atom is -0.461 e. The van der Waals surface area contributed by atoms with Gasteiger partial charge in [0.1, 0.15) is 17.4 Å². The predicted octanol–water partition coefficient (Wildman–Crippen LogP) is 3.70. The van der Waals surface area contributed by atoms with Gasteiger partial charge in [-0.15, -0.1) is 0 Å². The zero-order valence-electron chi connectivity index (χ0n) is 20.7. The molecular weight excluding hydrogens is 495 g/mol. The van der Waals surface area contributed by atoms with E-state index in [2.05, 4.69) is 65.0 Å². The van der Waals surface area contributed by atoms with E-state index in [1.807, 2.05) is 33.8 Å². The molecule has 1 aliphatic rings. The van der Waals surface area contributed by atoms with E-state index in [1.54, 1.807) is 0 Å². The van der Waals surface area contributed by atoms with E-state index in [0.717, 1.165) is 0 Å². The average molecular weight is 533 g/mol. The summed E-state index contributed by atoms with van der Waals surface area (Å²) in [6, 6.07) is 9.33. The van der Waals surface area contributed by atoms with Gasteiger partial charge in [0, 0.05) is 12.0 Å². The predicted molar refractivity (Wildman–Crippen MR) is 130 cm³/mol. The van der Waals surface area contributed by atoms with Gasteiger partial charge in [0.25, 0.3) is 0 Å². The van der Waals surface area contributed by atoms with Crippen molar-refractivity contribution < 1.29 is 40.1 Å². The minimum atomic E-state index is -5.44. The summed E-state index contributed by atoms with van der Waals surface area (Å²) in [5.74, 6) is -1.53. The van der Waals surface area contributed by atoms with Crippen molar-refractivity contribution in [2.24, 2.45) is 0 Å². The molecule has 34 heavy (non-hydrogen) atoms. The van der Waals surface area contributed by atoms with E-state index in [4.69, 9.17) is 0 Å². The van der Waals surface area contributed by atoms with E-state index in [9.17, 15) is 31.2 Å². The Labute approximate surface area is 206 Å². The Bertz CT molecular complexity index is 831. The Balaban J connectivity index is 0. The molecule has 1 heterocycles. The summed E-state index contributed by atoms with van der Waals surface area (Å²) in [6.45, 7) is 10.8. The number of halogens is 3. The summed E-state index contributed by atoms with van der Waals surface area (Å²) in [7, 11) is -4.99. The van der Waals surface area contributed by atoms with Crippen LogP contribution in [0.3, 0.4) is 0 Å². The third-order valence-corrected chi connectivity index (χ3v) is 5.71. The molecule has 0 spiro atoms. The highest BCUT2D eigenvalue weighted by molar-refractivity contribution is 7.87. The molecule has 1 fully saturated rings. The van der Waals surface area contributed by atoms with Crippen molar-refractivity contribution in [2.75, 3.05) is 13.7 Å². The molecule has 198 valence electrons. The van der Waals surface area contributed by atoms with Crippen LogP contribution in [0, 0.1) is 0 Å². The van der Waals surface area contributed by atoms with E-state index < -0.39 is 46.1 Å². The molecule has 2 atom stereocenters. The van der Waals surface area contributed by atoms with E-state index in [0.29, 0.717) is 7.11 Å². The zero-order valence-corrected chi connectivity index (χ0v) is 22.5. The molecule has 0 aromatic heterocycles. The molecule has 0 aliphatic carbocycles. The lowest BCUT2D eigenvalue weighted by molar-refractivity contribution is -0.151. The second-order valence-electron chi connectivity index (χ2n) is 6.93. The van der Waals surface area contributed by atoms with Gasteiger partial charge in [-0.2, -0.15) is 17.2 Å². The number of benzene rings is 1. The number of hydrogen-bond acceptors (Lipinski definition) is 6. The van der Waals surface area contributed by atoms with Gasteiger partial charge in [-0.1, -0.05) is 58.0 Å². The van der Waals surface area contributed by atoms with Crippen LogP contribution in [-0.4, -0.2) is 51.5 Å². The molecule has 12 heteroatoms. The Morgan fingerprint density at radius 3 is 2.03 bits per heavy atom. The van der Waals surface area contributed by atoms with Crippen LogP contribution in [0.2, 0.25) is 0 Å². The highest BCUT2D eigenvalue weighted by Gasteiger charge is 2.54. The summed E-state index contributed by atoms with van der Waals surface area (Å²) in [4.78, 5) is 22.1. The van der Waals surface area contributed by atoms with Gasteiger partial charge in [-0.3, -0.25) is 8.98 Å². The fraction of sp³-hybridized carbons (Fsp3) is 0.636. The Morgan fingerprint density at radius 2 is 1.68 bits per heavy atom. The van der Waals surface area contributed by atoms with Gasteiger partial charge in [0.15, 0.2) is 0 Å². The van der Waals surface area contributed by atoms with Crippen LogP contribution in [0.25, 0.3) is 0 Å².